The molecule has 1 aromatic rings. The summed E-state index contributed by atoms with van der Waals surface area (Å²) in [5, 5.41) is 0. The molecule has 0 heterocycles. The van der Waals surface area contributed by atoms with E-state index in [1.165, 1.54) is 5.56 Å². The minimum Gasteiger partial charge on any atom is -0.327 e. The summed E-state index contributed by atoms with van der Waals surface area (Å²) in [5.41, 5.74) is 7.24. The second-order valence-electron chi connectivity index (χ2n) is 4.02. The second kappa shape index (κ2) is 3.81. The molecule has 1 rings (SSSR count). The molecular weight excluding hydrogens is 226 g/mol. The van der Waals surface area contributed by atoms with Crippen molar-refractivity contribution in [2.45, 2.75) is 32.2 Å². The Morgan fingerprint density at radius 1 is 1.38 bits per heavy atom. The molecule has 1 aromatic carbocycles. The fourth-order valence-electron chi connectivity index (χ4n) is 1.15. The molecule has 0 saturated heterocycles. The summed E-state index contributed by atoms with van der Waals surface area (Å²) in [5.74, 6) is 0. The van der Waals surface area contributed by atoms with E-state index in [1.807, 2.05) is 19.1 Å². The molecule has 0 fully saturated rings. The quantitative estimate of drug-likeness (QED) is 0.847. The van der Waals surface area contributed by atoms with Crippen LogP contribution in [0.25, 0.3) is 0 Å². The Morgan fingerprint density at radius 3 is 2.46 bits per heavy atom. The number of hydrogen-bond donors (Lipinski definition) is 1. The van der Waals surface area contributed by atoms with Crippen LogP contribution in [-0.2, 0) is 5.41 Å². The van der Waals surface area contributed by atoms with Crippen molar-refractivity contribution in [3.63, 3.8) is 0 Å². The van der Waals surface area contributed by atoms with Crippen molar-refractivity contribution in [2.75, 3.05) is 0 Å². The van der Waals surface area contributed by atoms with Gasteiger partial charge in [-0.25, -0.2) is 0 Å². The molecule has 1 unspecified atom stereocenters. The van der Waals surface area contributed by atoms with E-state index in [4.69, 9.17) is 5.73 Å². The molecule has 0 aliphatic carbocycles. The summed E-state index contributed by atoms with van der Waals surface area (Å²) < 4.78 is 1.11. The lowest BCUT2D eigenvalue weighted by Gasteiger charge is -2.29. The molecular formula is C11H16BrN. The third-order valence-electron chi connectivity index (χ3n) is 2.71. The van der Waals surface area contributed by atoms with Crippen molar-refractivity contribution in [1.29, 1.82) is 0 Å². The highest BCUT2D eigenvalue weighted by atomic mass is 79.9. The number of halogens is 1. The maximum atomic E-state index is 5.94. The van der Waals surface area contributed by atoms with Gasteiger partial charge in [-0.05, 0) is 24.6 Å². The zero-order chi connectivity index (χ0) is 10.1. The van der Waals surface area contributed by atoms with Gasteiger partial charge in [0.25, 0.3) is 0 Å². The van der Waals surface area contributed by atoms with Gasteiger partial charge in [-0.15, -0.1) is 0 Å². The highest BCUT2D eigenvalue weighted by molar-refractivity contribution is 9.10. The monoisotopic (exact) mass is 241 g/mol. The normalized spacial score (nSPS) is 14.2. The van der Waals surface area contributed by atoms with Crippen molar-refractivity contribution < 1.29 is 0 Å². The van der Waals surface area contributed by atoms with Crippen LogP contribution in [0.1, 0.15) is 26.3 Å². The molecule has 2 N–H and O–H groups in total. The minimum absolute atomic E-state index is 0.0315. The molecule has 13 heavy (non-hydrogen) atoms. The van der Waals surface area contributed by atoms with Gasteiger partial charge in [-0.1, -0.05) is 41.9 Å². The molecule has 0 amide bonds. The maximum absolute atomic E-state index is 5.94. The SMILES string of the molecule is CC(N)C(C)(C)c1cccc(Br)c1. The van der Waals surface area contributed by atoms with Crippen molar-refractivity contribution >= 4 is 15.9 Å². The lowest BCUT2D eigenvalue weighted by molar-refractivity contribution is 0.434. The Morgan fingerprint density at radius 2 is 2.00 bits per heavy atom. The predicted octanol–water partition coefficient (Wildman–Crippen LogP) is 3.07. The second-order valence-corrected chi connectivity index (χ2v) is 4.94. The summed E-state index contributed by atoms with van der Waals surface area (Å²) in [4.78, 5) is 0. The largest absolute Gasteiger partial charge is 0.327 e. The Labute approximate surface area is 88.5 Å². The first-order valence-electron chi connectivity index (χ1n) is 4.46. The average Bonchev–Trinajstić information content (AvgIpc) is 2.04. The number of rotatable bonds is 2. The van der Waals surface area contributed by atoms with Crippen molar-refractivity contribution in [1.82, 2.24) is 0 Å². The molecule has 0 spiro atoms. The minimum atomic E-state index is 0.0315. The first-order valence-corrected chi connectivity index (χ1v) is 5.25. The third kappa shape index (κ3) is 2.32. The summed E-state index contributed by atoms with van der Waals surface area (Å²) in [6.07, 6.45) is 0. The standard InChI is InChI=1S/C11H16BrN/c1-8(13)11(2,3)9-5-4-6-10(12)7-9/h4-8H,13H2,1-3H3. The van der Waals surface area contributed by atoms with Gasteiger partial charge in [0, 0.05) is 15.9 Å². The van der Waals surface area contributed by atoms with E-state index in [-0.39, 0.29) is 11.5 Å². The number of hydrogen-bond acceptors (Lipinski definition) is 1. The van der Waals surface area contributed by atoms with Gasteiger partial charge in [0.2, 0.25) is 0 Å². The van der Waals surface area contributed by atoms with Crippen LogP contribution in [0.15, 0.2) is 28.7 Å². The zero-order valence-electron chi connectivity index (χ0n) is 8.34. The number of nitrogens with two attached hydrogens (primary N) is 1. The number of benzene rings is 1. The van der Waals surface area contributed by atoms with Crippen molar-refractivity contribution in [3.8, 4) is 0 Å². The molecule has 0 saturated carbocycles. The summed E-state index contributed by atoms with van der Waals surface area (Å²) in [6.45, 7) is 6.37. The van der Waals surface area contributed by atoms with Crippen LogP contribution in [0.2, 0.25) is 0 Å². The van der Waals surface area contributed by atoms with Gasteiger partial charge in [0.05, 0.1) is 0 Å². The van der Waals surface area contributed by atoms with Crippen LogP contribution in [0.4, 0.5) is 0 Å². The predicted molar refractivity (Wildman–Crippen MR) is 60.8 cm³/mol. The van der Waals surface area contributed by atoms with Crippen LogP contribution in [0.3, 0.4) is 0 Å². The van der Waals surface area contributed by atoms with Gasteiger partial charge in [0.15, 0.2) is 0 Å². The van der Waals surface area contributed by atoms with E-state index in [0.29, 0.717) is 0 Å². The molecule has 1 nitrogen and oxygen atoms in total. The highest BCUT2D eigenvalue weighted by Crippen LogP contribution is 2.27. The van der Waals surface area contributed by atoms with Crippen LogP contribution in [0.5, 0.6) is 0 Å². The highest BCUT2D eigenvalue weighted by Gasteiger charge is 2.24. The Hall–Kier alpha value is -0.340. The molecule has 0 aromatic heterocycles. The van der Waals surface area contributed by atoms with Gasteiger partial charge in [-0.2, -0.15) is 0 Å². The summed E-state index contributed by atoms with van der Waals surface area (Å²) >= 11 is 3.46. The van der Waals surface area contributed by atoms with Crippen LogP contribution in [-0.4, -0.2) is 6.04 Å². The molecule has 0 aliphatic rings. The Bertz CT molecular complexity index is 292. The maximum Gasteiger partial charge on any atom is 0.0178 e. The molecule has 72 valence electrons. The molecule has 2 heteroatoms. The molecule has 1 atom stereocenters. The van der Waals surface area contributed by atoms with Crippen LogP contribution < -0.4 is 5.73 Å². The molecule has 0 aliphatic heterocycles. The van der Waals surface area contributed by atoms with Crippen molar-refractivity contribution in [3.05, 3.63) is 34.3 Å². The van der Waals surface area contributed by atoms with Crippen LogP contribution in [0, 0.1) is 0 Å². The molecule has 0 radical (unpaired) electrons. The third-order valence-corrected chi connectivity index (χ3v) is 3.20. The van der Waals surface area contributed by atoms with E-state index in [1.54, 1.807) is 0 Å². The van der Waals surface area contributed by atoms with Gasteiger partial charge < -0.3 is 5.73 Å². The van der Waals surface area contributed by atoms with E-state index >= 15 is 0 Å². The van der Waals surface area contributed by atoms with Gasteiger partial charge >= 0.3 is 0 Å². The average molecular weight is 242 g/mol. The van der Waals surface area contributed by atoms with Crippen LogP contribution >= 0.6 is 15.9 Å². The van der Waals surface area contributed by atoms with Gasteiger partial charge in [-0.3, -0.25) is 0 Å². The first kappa shape index (κ1) is 10.7. The topological polar surface area (TPSA) is 26.0 Å². The van der Waals surface area contributed by atoms with Crippen molar-refractivity contribution in [2.24, 2.45) is 5.73 Å². The fraction of sp³-hybridized carbons (Fsp3) is 0.455. The van der Waals surface area contributed by atoms with Gasteiger partial charge in [0.1, 0.15) is 0 Å². The lowest BCUT2D eigenvalue weighted by atomic mass is 9.79. The van der Waals surface area contributed by atoms with E-state index in [9.17, 15) is 0 Å². The van der Waals surface area contributed by atoms with E-state index < -0.39 is 0 Å². The summed E-state index contributed by atoms with van der Waals surface area (Å²) in [7, 11) is 0. The Balaban J connectivity index is 3.07. The first-order chi connectivity index (χ1) is 5.94. The fourth-order valence-corrected chi connectivity index (χ4v) is 1.55. The summed E-state index contributed by atoms with van der Waals surface area (Å²) in [6, 6.07) is 8.48. The smallest absolute Gasteiger partial charge is 0.0178 e. The molecule has 0 bridgehead atoms. The zero-order valence-corrected chi connectivity index (χ0v) is 9.93. The van der Waals surface area contributed by atoms with E-state index in [2.05, 4.69) is 41.9 Å². The Kier molecular flexibility index (Phi) is 3.14. The lowest BCUT2D eigenvalue weighted by Crippen LogP contribution is -2.38. The van der Waals surface area contributed by atoms with E-state index in [0.717, 1.165) is 4.47 Å².